The normalized spacial score (nSPS) is 10.0. The van der Waals surface area contributed by atoms with Gasteiger partial charge >= 0.3 is 29.8 Å². The molecule has 39 heavy (non-hydrogen) atoms. The highest BCUT2D eigenvalue weighted by Gasteiger charge is 2.17. The van der Waals surface area contributed by atoms with Crippen LogP contribution in [0.2, 0.25) is 0 Å². The Morgan fingerprint density at radius 3 is 1.51 bits per heavy atom. The van der Waals surface area contributed by atoms with Crippen molar-refractivity contribution in [1.29, 1.82) is 0 Å². The number of carbonyl (C=O) groups is 5. The van der Waals surface area contributed by atoms with E-state index in [4.69, 9.17) is 23.7 Å². The summed E-state index contributed by atoms with van der Waals surface area (Å²) in [6.07, 6.45) is 1.03. The molecule has 0 saturated carbocycles. The molecule has 204 valence electrons. The molecule has 0 amide bonds. The summed E-state index contributed by atoms with van der Waals surface area (Å²) >= 11 is 0. The highest BCUT2D eigenvalue weighted by molar-refractivity contribution is 5.97. The van der Waals surface area contributed by atoms with Gasteiger partial charge in [-0.15, -0.1) is 0 Å². The first-order chi connectivity index (χ1) is 18.5. The van der Waals surface area contributed by atoms with E-state index in [2.05, 4.69) is 19.7 Å². The lowest BCUT2D eigenvalue weighted by molar-refractivity contribution is -0.140. The molecule has 0 saturated heterocycles. The third kappa shape index (κ3) is 9.77. The number of carbonyl (C=O) groups excluding carboxylic acids is 5. The lowest BCUT2D eigenvalue weighted by Crippen LogP contribution is -2.16. The van der Waals surface area contributed by atoms with E-state index in [0.717, 1.165) is 6.08 Å². The van der Waals surface area contributed by atoms with Crippen molar-refractivity contribution < 1.29 is 47.7 Å². The van der Waals surface area contributed by atoms with Gasteiger partial charge in [0, 0.05) is 17.2 Å². The fourth-order valence-corrected chi connectivity index (χ4v) is 2.85. The van der Waals surface area contributed by atoms with Gasteiger partial charge in [0.2, 0.25) is 0 Å². The van der Waals surface area contributed by atoms with E-state index < -0.39 is 29.8 Å². The van der Waals surface area contributed by atoms with Crippen molar-refractivity contribution >= 4 is 29.8 Å². The Labute approximate surface area is 225 Å². The summed E-state index contributed by atoms with van der Waals surface area (Å²) in [5, 5.41) is 0. The first kappa shape index (κ1) is 30.2. The third-order valence-corrected chi connectivity index (χ3v) is 4.77. The molecule has 0 aliphatic rings. The van der Waals surface area contributed by atoms with Crippen LogP contribution < -0.4 is 4.74 Å². The standard InChI is InChI=1S/C29H28O10/c1-6-25(30)39-24-9-7-20(8-10-24)21-15-22(28(33)37-13-11-35-26(31)18(2)3)17-23(16-21)29(34)38-14-12-36-27(32)19(4)5/h6-10,15-17H,1-2,4,11-14H2,3,5H3. The summed E-state index contributed by atoms with van der Waals surface area (Å²) in [6.45, 7) is 12.4. The highest BCUT2D eigenvalue weighted by Crippen LogP contribution is 2.26. The molecule has 2 aromatic rings. The van der Waals surface area contributed by atoms with Crippen LogP contribution in [-0.4, -0.2) is 56.3 Å². The molecule has 0 atom stereocenters. The largest absolute Gasteiger partial charge is 0.459 e. The third-order valence-electron chi connectivity index (χ3n) is 4.77. The van der Waals surface area contributed by atoms with E-state index in [0.29, 0.717) is 11.1 Å². The second-order valence-corrected chi connectivity index (χ2v) is 8.05. The summed E-state index contributed by atoms with van der Waals surface area (Å²) in [5.74, 6) is -3.13. The topological polar surface area (TPSA) is 132 Å². The molecule has 0 heterocycles. The molecular formula is C29H28O10. The Hall–Kier alpha value is -4.99. The molecule has 10 heteroatoms. The monoisotopic (exact) mass is 536 g/mol. The quantitative estimate of drug-likeness (QED) is 0.122. The van der Waals surface area contributed by atoms with Gasteiger partial charge in [0.1, 0.15) is 32.2 Å². The van der Waals surface area contributed by atoms with Gasteiger partial charge in [-0.2, -0.15) is 0 Å². The number of hydrogen-bond donors (Lipinski definition) is 0. The molecule has 0 N–H and O–H groups in total. The fourth-order valence-electron chi connectivity index (χ4n) is 2.85. The molecule has 0 bridgehead atoms. The maximum absolute atomic E-state index is 12.7. The lowest BCUT2D eigenvalue weighted by Gasteiger charge is -2.11. The van der Waals surface area contributed by atoms with Crippen molar-refractivity contribution in [2.45, 2.75) is 13.8 Å². The SMILES string of the molecule is C=CC(=O)Oc1ccc(-c2cc(C(=O)OCCOC(=O)C(=C)C)cc(C(=O)OCCOC(=O)C(=C)C)c2)cc1. The van der Waals surface area contributed by atoms with Gasteiger partial charge in [0.05, 0.1) is 11.1 Å². The fraction of sp³-hybridized carbons (Fsp3) is 0.207. The van der Waals surface area contributed by atoms with Crippen molar-refractivity contribution in [1.82, 2.24) is 0 Å². The molecule has 0 unspecified atom stereocenters. The van der Waals surface area contributed by atoms with E-state index >= 15 is 0 Å². The van der Waals surface area contributed by atoms with Gasteiger partial charge in [-0.1, -0.05) is 31.9 Å². The predicted molar refractivity (Wildman–Crippen MR) is 140 cm³/mol. The maximum Gasteiger partial charge on any atom is 0.338 e. The lowest BCUT2D eigenvalue weighted by atomic mass is 9.99. The molecule has 2 rings (SSSR count). The first-order valence-corrected chi connectivity index (χ1v) is 11.6. The van der Waals surface area contributed by atoms with Crippen LogP contribution in [0.4, 0.5) is 0 Å². The summed E-state index contributed by atoms with van der Waals surface area (Å²) in [5.41, 5.74) is 1.51. The van der Waals surface area contributed by atoms with Crippen LogP contribution in [0.25, 0.3) is 11.1 Å². The van der Waals surface area contributed by atoms with Crippen LogP contribution in [0, 0.1) is 0 Å². The van der Waals surface area contributed by atoms with Crippen LogP contribution >= 0.6 is 0 Å². The van der Waals surface area contributed by atoms with Gasteiger partial charge in [0.25, 0.3) is 0 Å². The zero-order valence-corrected chi connectivity index (χ0v) is 21.7. The van der Waals surface area contributed by atoms with Gasteiger partial charge < -0.3 is 23.7 Å². The predicted octanol–water partition coefficient (Wildman–Crippen LogP) is 4.00. The summed E-state index contributed by atoms with van der Waals surface area (Å²) in [4.78, 5) is 59.8. The van der Waals surface area contributed by atoms with Gasteiger partial charge in [-0.25, -0.2) is 24.0 Å². The minimum absolute atomic E-state index is 0.0292. The van der Waals surface area contributed by atoms with E-state index in [1.807, 2.05) is 0 Å². The minimum Gasteiger partial charge on any atom is -0.459 e. The summed E-state index contributed by atoms with van der Waals surface area (Å²) < 4.78 is 25.2. The molecule has 0 radical (unpaired) electrons. The average molecular weight is 537 g/mol. The highest BCUT2D eigenvalue weighted by atomic mass is 16.6. The van der Waals surface area contributed by atoms with Crippen molar-refractivity contribution in [2.24, 2.45) is 0 Å². The molecule has 0 aliphatic heterocycles. The molecule has 0 spiro atoms. The second-order valence-electron chi connectivity index (χ2n) is 8.05. The van der Waals surface area contributed by atoms with Crippen molar-refractivity contribution in [2.75, 3.05) is 26.4 Å². The van der Waals surface area contributed by atoms with Crippen LogP contribution in [-0.2, 0) is 33.3 Å². The average Bonchev–Trinajstić information content (AvgIpc) is 2.92. The number of benzene rings is 2. The van der Waals surface area contributed by atoms with E-state index in [-0.39, 0.29) is 54.5 Å². The summed E-state index contributed by atoms with van der Waals surface area (Å²) in [7, 11) is 0. The molecule has 0 aliphatic carbocycles. The molecule has 10 nitrogen and oxygen atoms in total. The molecule has 2 aromatic carbocycles. The van der Waals surface area contributed by atoms with Crippen LogP contribution in [0.3, 0.4) is 0 Å². The van der Waals surface area contributed by atoms with E-state index in [9.17, 15) is 24.0 Å². The van der Waals surface area contributed by atoms with Crippen molar-refractivity contribution in [3.8, 4) is 16.9 Å². The molecule has 0 fully saturated rings. The smallest absolute Gasteiger partial charge is 0.338 e. The zero-order chi connectivity index (χ0) is 28.9. The maximum atomic E-state index is 12.7. The summed E-state index contributed by atoms with van der Waals surface area (Å²) in [6, 6.07) is 10.6. The van der Waals surface area contributed by atoms with Gasteiger partial charge in [-0.3, -0.25) is 0 Å². The van der Waals surface area contributed by atoms with Crippen molar-refractivity contribution in [3.05, 3.63) is 90.6 Å². The van der Waals surface area contributed by atoms with Gasteiger partial charge in [0.15, 0.2) is 0 Å². The second kappa shape index (κ2) is 14.7. The van der Waals surface area contributed by atoms with Crippen LogP contribution in [0.5, 0.6) is 5.75 Å². The molecule has 0 aromatic heterocycles. The number of esters is 5. The Morgan fingerprint density at radius 2 is 1.10 bits per heavy atom. The Bertz CT molecular complexity index is 1220. The Balaban J connectivity index is 2.23. The van der Waals surface area contributed by atoms with E-state index in [1.54, 1.807) is 12.1 Å². The minimum atomic E-state index is -0.774. The number of hydrogen-bond acceptors (Lipinski definition) is 10. The van der Waals surface area contributed by atoms with E-state index in [1.165, 1.54) is 44.2 Å². The number of ether oxygens (including phenoxy) is 5. The number of rotatable bonds is 13. The zero-order valence-electron chi connectivity index (χ0n) is 21.7. The Morgan fingerprint density at radius 1 is 0.667 bits per heavy atom. The Kier molecular flexibility index (Phi) is 11.4. The van der Waals surface area contributed by atoms with Crippen LogP contribution in [0.1, 0.15) is 34.6 Å². The first-order valence-electron chi connectivity index (χ1n) is 11.6. The van der Waals surface area contributed by atoms with Crippen LogP contribution in [0.15, 0.2) is 79.4 Å². The van der Waals surface area contributed by atoms with Crippen molar-refractivity contribution in [3.63, 3.8) is 0 Å². The molecular weight excluding hydrogens is 508 g/mol. The van der Waals surface area contributed by atoms with Gasteiger partial charge in [-0.05, 0) is 55.3 Å².